The van der Waals surface area contributed by atoms with Crippen LogP contribution in [0, 0.1) is 12.8 Å². The minimum atomic E-state index is -0.173. The number of carbonyl (C=O) groups is 1. The number of carbonyl (C=O) groups excluding carboxylic acids is 1. The summed E-state index contributed by atoms with van der Waals surface area (Å²) in [6.45, 7) is 2.37. The fourth-order valence-corrected chi connectivity index (χ4v) is 2.27. The van der Waals surface area contributed by atoms with Crippen LogP contribution < -0.4 is 10.1 Å². The third-order valence-corrected chi connectivity index (χ3v) is 3.41. The number of rotatable bonds is 2. The summed E-state index contributed by atoms with van der Waals surface area (Å²) in [5.41, 5.74) is 2.15. The molecule has 0 unspecified atom stereocenters. The molecule has 0 spiro atoms. The van der Waals surface area contributed by atoms with E-state index in [1.165, 1.54) is 0 Å². The molecule has 102 valence electrons. The number of aromatic nitrogens is 1. The van der Waals surface area contributed by atoms with Gasteiger partial charge in [0, 0.05) is 6.20 Å². The number of nitrogens with one attached hydrogen (secondary N) is 1. The van der Waals surface area contributed by atoms with Crippen LogP contribution in [0.3, 0.4) is 0 Å². The normalized spacial score (nSPS) is 16.9. The quantitative estimate of drug-likeness (QED) is 0.910. The predicted molar refractivity (Wildman–Crippen MR) is 76.7 cm³/mol. The van der Waals surface area contributed by atoms with Crippen LogP contribution in [-0.2, 0) is 11.2 Å². The van der Waals surface area contributed by atoms with E-state index < -0.39 is 0 Å². The number of ether oxygens (including phenoxy) is 1. The molecular formula is C16H16N2O2. The van der Waals surface area contributed by atoms with E-state index in [0.29, 0.717) is 18.8 Å². The van der Waals surface area contributed by atoms with Crippen molar-refractivity contribution < 1.29 is 9.53 Å². The Hall–Kier alpha value is -2.36. The highest BCUT2D eigenvalue weighted by Crippen LogP contribution is 2.27. The van der Waals surface area contributed by atoms with Gasteiger partial charge in [-0.1, -0.05) is 24.3 Å². The number of pyridine rings is 1. The molecule has 4 heteroatoms. The number of nitrogens with zero attached hydrogens (tertiary/aromatic N) is 1. The summed E-state index contributed by atoms with van der Waals surface area (Å²) >= 11 is 0. The van der Waals surface area contributed by atoms with E-state index in [0.717, 1.165) is 16.9 Å². The van der Waals surface area contributed by atoms with E-state index in [-0.39, 0.29) is 11.8 Å². The Bertz CT molecular complexity index is 623. The molecule has 1 atom stereocenters. The lowest BCUT2D eigenvalue weighted by Crippen LogP contribution is -2.32. The molecule has 1 aromatic carbocycles. The number of fused-ring (bicyclic) bond motifs is 1. The van der Waals surface area contributed by atoms with E-state index in [2.05, 4.69) is 10.3 Å². The Morgan fingerprint density at radius 1 is 1.30 bits per heavy atom. The Kier molecular flexibility index (Phi) is 3.37. The van der Waals surface area contributed by atoms with Crippen LogP contribution in [-0.4, -0.2) is 17.5 Å². The monoisotopic (exact) mass is 268 g/mol. The minimum absolute atomic E-state index is 0.0455. The molecule has 1 aliphatic heterocycles. The molecule has 3 rings (SSSR count). The summed E-state index contributed by atoms with van der Waals surface area (Å²) in [5.74, 6) is 1.24. The fraction of sp³-hybridized carbons (Fsp3) is 0.250. The lowest BCUT2D eigenvalue weighted by Gasteiger charge is -2.24. The molecule has 1 aromatic heterocycles. The van der Waals surface area contributed by atoms with Crippen LogP contribution in [0.2, 0.25) is 0 Å². The molecule has 0 saturated heterocycles. The standard InChI is InChI=1S/C16H16N2O2/c1-11-6-7-15(17-9-11)18-16(19)13-8-12-4-2-3-5-14(12)20-10-13/h2-7,9,13H,8,10H2,1H3,(H,17,18,19)/t13-/m0/s1. The first-order valence-corrected chi connectivity index (χ1v) is 6.66. The summed E-state index contributed by atoms with van der Waals surface area (Å²) in [6.07, 6.45) is 2.44. The number of amides is 1. The second kappa shape index (κ2) is 5.33. The van der Waals surface area contributed by atoms with Crippen molar-refractivity contribution in [3.05, 3.63) is 53.7 Å². The third-order valence-electron chi connectivity index (χ3n) is 3.41. The SMILES string of the molecule is Cc1ccc(NC(=O)[C@@H]2COc3ccccc3C2)nc1. The van der Waals surface area contributed by atoms with Gasteiger partial charge in [-0.3, -0.25) is 4.79 Å². The number of anilines is 1. The van der Waals surface area contributed by atoms with Crippen molar-refractivity contribution in [2.45, 2.75) is 13.3 Å². The first kappa shape index (κ1) is 12.7. The first-order valence-electron chi connectivity index (χ1n) is 6.66. The molecule has 0 saturated carbocycles. The van der Waals surface area contributed by atoms with E-state index in [9.17, 15) is 4.79 Å². The predicted octanol–water partition coefficient (Wildman–Crippen LogP) is 2.58. The zero-order valence-corrected chi connectivity index (χ0v) is 11.3. The van der Waals surface area contributed by atoms with Gasteiger partial charge in [-0.05, 0) is 36.6 Å². The van der Waals surface area contributed by atoms with Crippen LogP contribution in [0.5, 0.6) is 5.75 Å². The van der Waals surface area contributed by atoms with Gasteiger partial charge in [0.2, 0.25) is 5.91 Å². The van der Waals surface area contributed by atoms with E-state index >= 15 is 0 Å². The Labute approximate surface area is 117 Å². The lowest BCUT2D eigenvalue weighted by atomic mass is 9.96. The Morgan fingerprint density at radius 2 is 2.15 bits per heavy atom. The molecule has 2 aromatic rings. The van der Waals surface area contributed by atoms with Gasteiger partial charge in [0.25, 0.3) is 0 Å². The van der Waals surface area contributed by atoms with Crippen molar-refractivity contribution in [3.63, 3.8) is 0 Å². The van der Waals surface area contributed by atoms with Crippen molar-refractivity contribution in [2.75, 3.05) is 11.9 Å². The van der Waals surface area contributed by atoms with Crippen molar-refractivity contribution in [3.8, 4) is 5.75 Å². The summed E-state index contributed by atoms with van der Waals surface area (Å²) in [7, 11) is 0. The third kappa shape index (κ3) is 2.64. The smallest absolute Gasteiger partial charge is 0.232 e. The molecule has 0 radical (unpaired) electrons. The average Bonchev–Trinajstić information content (AvgIpc) is 2.49. The van der Waals surface area contributed by atoms with E-state index in [4.69, 9.17) is 4.74 Å². The maximum atomic E-state index is 12.2. The number of para-hydroxylation sites is 1. The highest BCUT2D eigenvalue weighted by molar-refractivity contribution is 5.92. The molecule has 1 N–H and O–H groups in total. The molecule has 0 aliphatic carbocycles. The summed E-state index contributed by atoms with van der Waals surface area (Å²) in [5, 5.41) is 2.84. The summed E-state index contributed by atoms with van der Waals surface area (Å²) < 4.78 is 5.63. The molecular weight excluding hydrogens is 252 g/mol. The molecule has 0 fully saturated rings. The van der Waals surface area contributed by atoms with Gasteiger partial charge >= 0.3 is 0 Å². The largest absolute Gasteiger partial charge is 0.492 e. The van der Waals surface area contributed by atoms with Crippen LogP contribution >= 0.6 is 0 Å². The maximum Gasteiger partial charge on any atom is 0.232 e. The summed E-state index contributed by atoms with van der Waals surface area (Å²) in [4.78, 5) is 16.4. The second-order valence-electron chi connectivity index (χ2n) is 5.03. The second-order valence-corrected chi connectivity index (χ2v) is 5.03. The minimum Gasteiger partial charge on any atom is -0.492 e. The highest BCUT2D eigenvalue weighted by atomic mass is 16.5. The van der Waals surface area contributed by atoms with E-state index in [1.54, 1.807) is 6.20 Å². The van der Waals surface area contributed by atoms with Crippen molar-refractivity contribution in [1.82, 2.24) is 4.98 Å². The topological polar surface area (TPSA) is 51.2 Å². The number of benzene rings is 1. The summed E-state index contributed by atoms with van der Waals surface area (Å²) in [6, 6.07) is 11.6. The number of hydrogen-bond acceptors (Lipinski definition) is 3. The molecule has 2 heterocycles. The fourth-order valence-electron chi connectivity index (χ4n) is 2.27. The van der Waals surface area contributed by atoms with Crippen molar-refractivity contribution in [2.24, 2.45) is 5.92 Å². The van der Waals surface area contributed by atoms with Gasteiger partial charge in [0.15, 0.2) is 0 Å². The van der Waals surface area contributed by atoms with Gasteiger partial charge in [-0.25, -0.2) is 4.98 Å². The van der Waals surface area contributed by atoms with Crippen molar-refractivity contribution >= 4 is 11.7 Å². The maximum absolute atomic E-state index is 12.2. The molecule has 4 nitrogen and oxygen atoms in total. The van der Waals surface area contributed by atoms with Crippen LogP contribution in [0.1, 0.15) is 11.1 Å². The number of hydrogen-bond donors (Lipinski definition) is 1. The van der Waals surface area contributed by atoms with Gasteiger partial charge in [-0.2, -0.15) is 0 Å². The van der Waals surface area contributed by atoms with Gasteiger partial charge in [0.05, 0.1) is 5.92 Å². The Morgan fingerprint density at radius 3 is 2.95 bits per heavy atom. The first-order chi connectivity index (χ1) is 9.72. The number of aryl methyl sites for hydroxylation is 1. The Balaban J connectivity index is 1.68. The average molecular weight is 268 g/mol. The van der Waals surface area contributed by atoms with Crippen LogP contribution in [0.15, 0.2) is 42.6 Å². The highest BCUT2D eigenvalue weighted by Gasteiger charge is 2.25. The molecule has 1 amide bonds. The van der Waals surface area contributed by atoms with Crippen LogP contribution in [0.4, 0.5) is 5.82 Å². The van der Waals surface area contributed by atoms with E-state index in [1.807, 2.05) is 43.3 Å². The zero-order valence-electron chi connectivity index (χ0n) is 11.3. The zero-order chi connectivity index (χ0) is 13.9. The van der Waals surface area contributed by atoms with Gasteiger partial charge in [-0.15, -0.1) is 0 Å². The van der Waals surface area contributed by atoms with Crippen molar-refractivity contribution in [1.29, 1.82) is 0 Å². The lowest BCUT2D eigenvalue weighted by molar-refractivity contribution is -0.121. The van der Waals surface area contributed by atoms with Crippen LogP contribution in [0.25, 0.3) is 0 Å². The van der Waals surface area contributed by atoms with Gasteiger partial charge in [0.1, 0.15) is 18.2 Å². The van der Waals surface area contributed by atoms with Gasteiger partial charge < -0.3 is 10.1 Å². The molecule has 0 bridgehead atoms. The molecule has 1 aliphatic rings. The molecule has 20 heavy (non-hydrogen) atoms.